The van der Waals surface area contributed by atoms with Crippen molar-refractivity contribution in [3.05, 3.63) is 202 Å². The molecular formula is C42H44CuO2P3-3. The van der Waals surface area contributed by atoms with Gasteiger partial charge in [0.05, 0.1) is 0 Å². The summed E-state index contributed by atoms with van der Waals surface area (Å²) in [5.74, 6) is 0. The molecule has 48 heavy (non-hydrogen) atoms. The molecule has 6 aromatic carbocycles. The molecule has 0 atom stereocenters. The minimum absolute atomic E-state index is 0. The normalized spacial score (nSPS) is 9.50. The number of carbonyl (C=O) groups is 1. The van der Waals surface area contributed by atoms with Crippen LogP contribution < -0.4 is 31.8 Å². The van der Waals surface area contributed by atoms with Gasteiger partial charge in [0.15, 0.2) is 0 Å². The second-order valence-corrected chi connectivity index (χ2v) is 15.1. The minimum atomic E-state index is -0.421. The van der Waals surface area contributed by atoms with Gasteiger partial charge in [0.25, 0.3) is 6.47 Å². The number of carboxylic acid groups (broad SMARTS) is 1. The summed E-state index contributed by atoms with van der Waals surface area (Å²) in [7, 11) is -1.26. The van der Waals surface area contributed by atoms with Gasteiger partial charge in [0.2, 0.25) is 0 Å². The second-order valence-electron chi connectivity index (χ2n) is 9.40. The van der Waals surface area contributed by atoms with E-state index in [1.807, 2.05) is 50.2 Å². The Labute approximate surface area is 303 Å². The molecule has 0 amide bonds. The summed E-state index contributed by atoms with van der Waals surface area (Å²) >= 11 is 0. The maximum absolute atomic E-state index is 8.36. The number of rotatable bonds is 6. The van der Waals surface area contributed by atoms with E-state index in [9.17, 15) is 0 Å². The molecule has 0 bridgehead atoms. The SMILES string of the molecule is CC.O=CO.[CH2-]P(c1ccccc1)c1ccccc1.[CH2-]P(c1ccccc1)c1ccccc1.[CH2-]P(c1ccccc1)c1ccccc1.[Cu]. The first-order chi connectivity index (χ1) is 23.0. The van der Waals surface area contributed by atoms with Crippen LogP contribution in [0.5, 0.6) is 0 Å². The van der Waals surface area contributed by atoms with Gasteiger partial charge in [-0.1, -0.05) is 228 Å². The Balaban J connectivity index is 0.000000334. The van der Waals surface area contributed by atoms with Gasteiger partial charge in [-0.3, -0.25) is 4.79 Å². The third-order valence-electron chi connectivity index (χ3n) is 6.41. The largest absolute Gasteiger partial charge is 0.483 e. The van der Waals surface area contributed by atoms with Crippen molar-refractivity contribution in [1.29, 1.82) is 0 Å². The van der Waals surface area contributed by atoms with Crippen LogP contribution in [-0.2, 0) is 21.9 Å². The number of hydrogen-bond acceptors (Lipinski definition) is 1. The van der Waals surface area contributed by atoms with Gasteiger partial charge >= 0.3 is 0 Å². The molecule has 1 radical (unpaired) electrons. The molecule has 6 aromatic rings. The molecule has 0 saturated carbocycles. The van der Waals surface area contributed by atoms with Crippen molar-refractivity contribution < 1.29 is 27.0 Å². The van der Waals surface area contributed by atoms with E-state index in [0.29, 0.717) is 0 Å². The molecular weight excluding hydrogens is 693 g/mol. The average Bonchev–Trinajstić information content (AvgIpc) is 3.17. The summed E-state index contributed by atoms with van der Waals surface area (Å²) in [6.45, 7) is 16.5. The van der Waals surface area contributed by atoms with Crippen LogP contribution in [0.25, 0.3) is 0 Å². The number of hydrogen-bond donors (Lipinski definition) is 1. The van der Waals surface area contributed by atoms with Crippen molar-refractivity contribution in [2.45, 2.75) is 13.8 Å². The van der Waals surface area contributed by atoms with E-state index < -0.39 is 23.8 Å². The molecule has 253 valence electrons. The molecule has 2 nitrogen and oxygen atoms in total. The predicted octanol–water partition coefficient (Wildman–Crippen LogP) is 9.46. The maximum Gasteiger partial charge on any atom is 0.290 e. The smallest absolute Gasteiger partial charge is 0.290 e. The molecule has 6 rings (SSSR count). The van der Waals surface area contributed by atoms with Crippen LogP contribution in [0.15, 0.2) is 182 Å². The van der Waals surface area contributed by atoms with Crippen molar-refractivity contribution >= 4 is 62.1 Å². The fraction of sp³-hybridized carbons (Fsp3) is 0.0476. The van der Waals surface area contributed by atoms with Crippen molar-refractivity contribution in [3.63, 3.8) is 0 Å². The molecule has 0 aliphatic heterocycles. The first-order valence-corrected chi connectivity index (χ1v) is 19.8. The Morgan fingerprint density at radius 3 is 0.583 bits per heavy atom. The zero-order chi connectivity index (χ0) is 34.1. The van der Waals surface area contributed by atoms with Gasteiger partial charge in [-0.25, -0.2) is 23.8 Å². The van der Waals surface area contributed by atoms with Crippen molar-refractivity contribution in [3.8, 4) is 0 Å². The molecule has 0 unspecified atom stereocenters. The molecule has 0 heterocycles. The van der Waals surface area contributed by atoms with E-state index in [-0.39, 0.29) is 23.5 Å². The predicted molar refractivity (Wildman–Crippen MR) is 213 cm³/mol. The van der Waals surface area contributed by atoms with Crippen LogP contribution in [-0.4, -0.2) is 11.6 Å². The Hall–Kier alpha value is -3.40. The molecule has 6 heteroatoms. The first kappa shape index (κ1) is 42.6. The van der Waals surface area contributed by atoms with Gasteiger partial charge in [-0.05, 0) is 0 Å². The van der Waals surface area contributed by atoms with Gasteiger partial charge in [-0.2, -0.15) is 0 Å². The Kier molecular flexibility index (Phi) is 23.6. The van der Waals surface area contributed by atoms with E-state index in [1.165, 1.54) is 31.8 Å². The average molecular weight is 737 g/mol. The molecule has 0 spiro atoms. The zero-order valence-electron chi connectivity index (χ0n) is 27.5. The molecule has 0 aliphatic carbocycles. The van der Waals surface area contributed by atoms with E-state index in [4.69, 9.17) is 9.90 Å². The van der Waals surface area contributed by atoms with Gasteiger partial charge in [0.1, 0.15) is 0 Å². The van der Waals surface area contributed by atoms with Gasteiger partial charge in [-0.15, -0.1) is 0 Å². The zero-order valence-corrected chi connectivity index (χ0v) is 31.1. The Morgan fingerprint density at radius 1 is 0.375 bits per heavy atom. The van der Waals surface area contributed by atoms with Crippen LogP contribution >= 0.6 is 23.8 Å². The molecule has 0 saturated heterocycles. The summed E-state index contributed by atoms with van der Waals surface area (Å²) in [4.78, 5) is 8.36. The first-order valence-electron chi connectivity index (χ1n) is 15.2. The number of benzene rings is 6. The van der Waals surface area contributed by atoms with E-state index in [0.717, 1.165) is 0 Å². The fourth-order valence-electron chi connectivity index (χ4n) is 4.09. The third kappa shape index (κ3) is 15.7. The summed E-state index contributed by atoms with van der Waals surface area (Å²) in [5, 5.41) is 14.9. The molecule has 0 aromatic heterocycles. The summed E-state index contributed by atoms with van der Waals surface area (Å²) in [6.07, 6.45) is 0. The molecule has 0 aliphatic rings. The fourth-order valence-corrected chi connectivity index (χ4v) is 8.18. The maximum atomic E-state index is 8.36. The van der Waals surface area contributed by atoms with Gasteiger partial charge in [0, 0.05) is 17.1 Å². The monoisotopic (exact) mass is 736 g/mol. The summed E-state index contributed by atoms with van der Waals surface area (Å²) in [6, 6.07) is 62.8. The van der Waals surface area contributed by atoms with Crippen LogP contribution in [0.4, 0.5) is 0 Å². The van der Waals surface area contributed by atoms with E-state index in [2.05, 4.69) is 166 Å². The van der Waals surface area contributed by atoms with Crippen molar-refractivity contribution in [2.24, 2.45) is 0 Å². The summed E-state index contributed by atoms with van der Waals surface area (Å²) in [5.41, 5.74) is 0. The van der Waals surface area contributed by atoms with E-state index in [1.54, 1.807) is 0 Å². The summed E-state index contributed by atoms with van der Waals surface area (Å²) < 4.78 is 0. The minimum Gasteiger partial charge on any atom is -0.483 e. The Morgan fingerprint density at radius 2 is 0.479 bits per heavy atom. The van der Waals surface area contributed by atoms with Crippen molar-refractivity contribution in [1.82, 2.24) is 0 Å². The standard InChI is InChI=1S/3C13H12P.C2H6.CH2O2.Cu/c3*1-14(12-8-4-2-5-9-12)13-10-6-3-7-11-13;1-2;2-1-3;/h3*2-11H,1H2;1-2H3;1H,(H,2,3);/q3*-1;;;. The third-order valence-corrected chi connectivity index (χ3v) is 11.9. The Bertz CT molecular complexity index is 1280. The van der Waals surface area contributed by atoms with Crippen LogP contribution in [0.2, 0.25) is 0 Å². The van der Waals surface area contributed by atoms with Crippen LogP contribution in [0, 0.1) is 20.0 Å². The topological polar surface area (TPSA) is 37.3 Å². The quantitative estimate of drug-likeness (QED) is 0.0801. The molecule has 0 fully saturated rings. The van der Waals surface area contributed by atoms with Gasteiger partial charge < -0.3 is 25.1 Å². The second kappa shape index (κ2) is 26.5. The van der Waals surface area contributed by atoms with Crippen LogP contribution in [0.3, 0.4) is 0 Å². The molecule has 1 N–H and O–H groups in total. The van der Waals surface area contributed by atoms with Crippen molar-refractivity contribution in [2.75, 3.05) is 0 Å². The van der Waals surface area contributed by atoms with Crippen LogP contribution in [0.1, 0.15) is 13.8 Å². The van der Waals surface area contributed by atoms with E-state index >= 15 is 0 Å².